The van der Waals surface area contributed by atoms with Gasteiger partial charge in [-0.2, -0.15) is 5.10 Å². The Bertz CT molecular complexity index is 737. The van der Waals surface area contributed by atoms with E-state index in [1.807, 2.05) is 12.3 Å². The van der Waals surface area contributed by atoms with E-state index < -0.39 is 0 Å². The van der Waals surface area contributed by atoms with Crippen LogP contribution in [0.4, 0.5) is 0 Å². The predicted octanol–water partition coefficient (Wildman–Crippen LogP) is 3.96. The molecule has 1 aliphatic rings. The predicted molar refractivity (Wildman–Crippen MR) is 99.4 cm³/mol. The number of aromatic nitrogens is 2. The molecule has 25 heavy (non-hydrogen) atoms. The minimum Gasteiger partial charge on any atom is -0.493 e. The van der Waals surface area contributed by atoms with Crippen molar-refractivity contribution in [2.45, 2.75) is 58.7 Å². The van der Waals surface area contributed by atoms with Gasteiger partial charge in [-0.15, -0.1) is 0 Å². The average molecular weight is 343 g/mol. The molecule has 0 saturated heterocycles. The van der Waals surface area contributed by atoms with E-state index in [4.69, 9.17) is 9.47 Å². The molecule has 1 atom stereocenters. The van der Waals surface area contributed by atoms with Crippen LogP contribution in [0, 0.1) is 6.92 Å². The van der Waals surface area contributed by atoms with Gasteiger partial charge in [-0.05, 0) is 62.8 Å². The van der Waals surface area contributed by atoms with Crippen molar-refractivity contribution < 1.29 is 9.47 Å². The quantitative estimate of drug-likeness (QED) is 0.862. The summed E-state index contributed by atoms with van der Waals surface area (Å²) in [5, 5.41) is 8.36. The summed E-state index contributed by atoms with van der Waals surface area (Å²) in [4.78, 5) is 0. The maximum atomic E-state index is 5.53. The molecule has 5 nitrogen and oxygen atoms in total. The second-order valence-corrected chi connectivity index (χ2v) is 7.00. The van der Waals surface area contributed by atoms with Crippen molar-refractivity contribution in [2.75, 3.05) is 14.2 Å². The van der Waals surface area contributed by atoms with Gasteiger partial charge in [0.15, 0.2) is 11.5 Å². The molecule has 1 N–H and O–H groups in total. The van der Waals surface area contributed by atoms with Crippen LogP contribution in [0.25, 0.3) is 0 Å². The number of ether oxygens (including phenoxy) is 2. The van der Waals surface area contributed by atoms with E-state index in [1.165, 1.54) is 23.2 Å². The maximum Gasteiger partial charge on any atom is 0.163 e. The maximum absolute atomic E-state index is 5.53. The zero-order chi connectivity index (χ0) is 18.0. The number of methoxy groups -OCH3 is 2. The highest BCUT2D eigenvalue weighted by Gasteiger charge is 2.26. The lowest BCUT2D eigenvalue weighted by Gasteiger charge is -2.27. The summed E-state index contributed by atoms with van der Waals surface area (Å²) in [5.41, 5.74) is 5.11. The van der Waals surface area contributed by atoms with Gasteiger partial charge in [0.25, 0.3) is 0 Å². The number of benzene rings is 1. The second-order valence-electron chi connectivity index (χ2n) is 7.00. The highest BCUT2D eigenvalue weighted by atomic mass is 16.5. The van der Waals surface area contributed by atoms with Crippen molar-refractivity contribution in [1.29, 1.82) is 0 Å². The lowest BCUT2D eigenvalue weighted by molar-refractivity contribution is 0.351. The number of aryl methyl sites for hydroxylation is 1. The third-order valence-corrected chi connectivity index (χ3v) is 5.12. The lowest BCUT2D eigenvalue weighted by atomic mass is 9.93. The van der Waals surface area contributed by atoms with Crippen LogP contribution < -0.4 is 14.8 Å². The van der Waals surface area contributed by atoms with Gasteiger partial charge in [0.1, 0.15) is 0 Å². The molecule has 0 aliphatic heterocycles. The number of nitrogens with one attached hydrogen (secondary N) is 1. The zero-order valence-electron chi connectivity index (χ0n) is 15.9. The monoisotopic (exact) mass is 343 g/mol. The Balaban J connectivity index is 1.81. The summed E-state index contributed by atoms with van der Waals surface area (Å²) >= 11 is 0. The van der Waals surface area contributed by atoms with E-state index >= 15 is 0 Å². The molecule has 136 valence electrons. The summed E-state index contributed by atoms with van der Waals surface area (Å²) in [6, 6.07) is 4.83. The third kappa shape index (κ3) is 3.38. The molecule has 3 rings (SSSR count). The Hall–Kier alpha value is -2.01. The number of nitrogens with zero attached hydrogens (tertiary/aromatic N) is 2. The van der Waals surface area contributed by atoms with Crippen molar-refractivity contribution >= 4 is 0 Å². The highest BCUT2D eigenvalue weighted by molar-refractivity contribution is 5.50. The number of rotatable bonds is 6. The number of hydrogen-bond acceptors (Lipinski definition) is 4. The van der Waals surface area contributed by atoms with Crippen LogP contribution in [0.1, 0.15) is 61.2 Å². The molecule has 1 unspecified atom stereocenters. The van der Waals surface area contributed by atoms with Gasteiger partial charge in [-0.1, -0.05) is 6.07 Å². The molecule has 0 spiro atoms. The van der Waals surface area contributed by atoms with Crippen LogP contribution in [0.15, 0.2) is 18.3 Å². The van der Waals surface area contributed by atoms with Gasteiger partial charge in [0.2, 0.25) is 0 Å². The minimum atomic E-state index is 0.348. The summed E-state index contributed by atoms with van der Waals surface area (Å²) in [6.07, 6.45) is 5.54. The molecule has 1 aliphatic carbocycles. The molecule has 1 aromatic carbocycles. The molecule has 0 saturated carbocycles. The van der Waals surface area contributed by atoms with Crippen molar-refractivity contribution in [3.05, 3.63) is 40.7 Å². The Morgan fingerprint density at radius 1 is 1.28 bits per heavy atom. The highest BCUT2D eigenvalue weighted by Crippen LogP contribution is 2.34. The molecule has 1 heterocycles. The molecule has 0 amide bonds. The van der Waals surface area contributed by atoms with Crippen LogP contribution in [0.3, 0.4) is 0 Å². The SMILES string of the molecule is COc1ccc(CNC2CCCc3cnn(C(C)C)c32)c(C)c1OC. The van der Waals surface area contributed by atoms with Gasteiger partial charge in [-0.3, -0.25) is 4.68 Å². The molecule has 0 radical (unpaired) electrons. The van der Waals surface area contributed by atoms with Gasteiger partial charge < -0.3 is 14.8 Å². The first-order valence-electron chi connectivity index (χ1n) is 9.07. The lowest BCUT2D eigenvalue weighted by Crippen LogP contribution is -2.28. The van der Waals surface area contributed by atoms with E-state index in [2.05, 4.69) is 41.9 Å². The average Bonchev–Trinajstić information content (AvgIpc) is 3.05. The van der Waals surface area contributed by atoms with Gasteiger partial charge in [0, 0.05) is 18.6 Å². The summed E-state index contributed by atoms with van der Waals surface area (Å²) in [5.74, 6) is 1.60. The zero-order valence-corrected chi connectivity index (χ0v) is 15.9. The first-order valence-corrected chi connectivity index (χ1v) is 9.07. The Labute approximate surface area is 150 Å². The van der Waals surface area contributed by atoms with E-state index in [1.54, 1.807) is 14.2 Å². The van der Waals surface area contributed by atoms with Crippen molar-refractivity contribution in [3.63, 3.8) is 0 Å². The fourth-order valence-corrected chi connectivity index (χ4v) is 3.77. The van der Waals surface area contributed by atoms with Crippen LogP contribution in [0.5, 0.6) is 11.5 Å². The molecule has 0 bridgehead atoms. The number of hydrogen-bond donors (Lipinski definition) is 1. The molecular formula is C20H29N3O2. The van der Waals surface area contributed by atoms with E-state index in [0.29, 0.717) is 12.1 Å². The summed E-state index contributed by atoms with van der Waals surface area (Å²) in [7, 11) is 3.36. The normalized spacial score (nSPS) is 16.8. The van der Waals surface area contributed by atoms with Crippen molar-refractivity contribution in [2.24, 2.45) is 0 Å². The Morgan fingerprint density at radius 2 is 2.08 bits per heavy atom. The third-order valence-electron chi connectivity index (χ3n) is 5.12. The second kappa shape index (κ2) is 7.48. The molecule has 0 fully saturated rings. The van der Waals surface area contributed by atoms with Gasteiger partial charge in [0.05, 0.1) is 26.1 Å². The van der Waals surface area contributed by atoms with Crippen molar-refractivity contribution in [3.8, 4) is 11.5 Å². The molecular weight excluding hydrogens is 314 g/mol. The van der Waals surface area contributed by atoms with Crippen LogP contribution in [-0.2, 0) is 13.0 Å². The topological polar surface area (TPSA) is 48.3 Å². The van der Waals surface area contributed by atoms with E-state index in [9.17, 15) is 0 Å². The van der Waals surface area contributed by atoms with Gasteiger partial charge >= 0.3 is 0 Å². The molecule has 5 heteroatoms. The smallest absolute Gasteiger partial charge is 0.163 e. The summed E-state index contributed by atoms with van der Waals surface area (Å²) in [6.45, 7) is 7.28. The van der Waals surface area contributed by atoms with E-state index in [-0.39, 0.29) is 0 Å². The van der Waals surface area contributed by atoms with Gasteiger partial charge in [-0.25, -0.2) is 0 Å². The molecule has 1 aromatic heterocycles. The fourth-order valence-electron chi connectivity index (χ4n) is 3.77. The van der Waals surface area contributed by atoms with Crippen LogP contribution in [-0.4, -0.2) is 24.0 Å². The first kappa shape index (κ1) is 17.8. The minimum absolute atomic E-state index is 0.348. The molecule has 2 aromatic rings. The standard InChI is InChI=1S/C20H29N3O2/c1-13(2)23-19-16(12-22-23)7-6-8-17(19)21-11-15-9-10-18(24-4)20(25-5)14(15)3/h9-10,12-13,17,21H,6-8,11H2,1-5H3. The number of fused-ring (bicyclic) bond motifs is 1. The first-order chi connectivity index (χ1) is 12.1. The fraction of sp³-hybridized carbons (Fsp3) is 0.550. The van der Waals surface area contributed by atoms with Crippen LogP contribution in [0.2, 0.25) is 0 Å². The summed E-state index contributed by atoms with van der Waals surface area (Å²) < 4.78 is 13.1. The Kier molecular flexibility index (Phi) is 5.33. The largest absolute Gasteiger partial charge is 0.493 e. The van der Waals surface area contributed by atoms with Crippen molar-refractivity contribution in [1.82, 2.24) is 15.1 Å². The van der Waals surface area contributed by atoms with E-state index in [0.717, 1.165) is 36.4 Å². The van der Waals surface area contributed by atoms with Crippen LogP contribution >= 0.6 is 0 Å². The Morgan fingerprint density at radius 3 is 2.76 bits per heavy atom.